The molecule has 0 saturated carbocycles. The number of nitrogens with zero attached hydrogens (tertiary/aromatic N) is 2. The lowest BCUT2D eigenvalue weighted by molar-refractivity contribution is 0.415. The number of hydrogen-bond acceptors (Lipinski definition) is 5. The molecule has 3 heterocycles. The fourth-order valence-corrected chi connectivity index (χ4v) is 3.50. The Bertz CT molecular complexity index is 1240. The summed E-state index contributed by atoms with van der Waals surface area (Å²) in [4.78, 5) is 10.1. The van der Waals surface area contributed by atoms with Gasteiger partial charge in [-0.2, -0.15) is 0 Å². The quantitative estimate of drug-likeness (QED) is 0.590. The van der Waals surface area contributed by atoms with E-state index >= 15 is 0 Å². The summed E-state index contributed by atoms with van der Waals surface area (Å²) in [5.41, 5.74) is 10.1. The van der Waals surface area contributed by atoms with E-state index in [4.69, 9.17) is 19.9 Å². The number of nitrogens with two attached hydrogens (primary N) is 1. The third-order valence-corrected chi connectivity index (χ3v) is 4.89. The Morgan fingerprint density at radius 2 is 1.96 bits per heavy atom. The summed E-state index contributed by atoms with van der Waals surface area (Å²) in [7, 11) is 1.65. The molecule has 0 aliphatic carbocycles. The van der Waals surface area contributed by atoms with Crippen molar-refractivity contribution in [2.75, 3.05) is 12.0 Å². The first kappa shape index (κ1) is 15.6. The van der Waals surface area contributed by atoms with E-state index in [2.05, 4.69) is 23.2 Å². The Labute approximate surface area is 155 Å². The van der Waals surface area contributed by atoms with Crippen LogP contribution in [0, 0.1) is 0 Å². The number of rotatable bonds is 3. The van der Waals surface area contributed by atoms with Crippen molar-refractivity contribution >= 4 is 22.4 Å². The van der Waals surface area contributed by atoms with Gasteiger partial charge in [0.05, 0.1) is 18.6 Å². The highest BCUT2D eigenvalue weighted by Gasteiger charge is 2.27. The van der Waals surface area contributed by atoms with Crippen LogP contribution in [0.2, 0.25) is 0 Å². The van der Waals surface area contributed by atoms with Crippen molar-refractivity contribution in [2.24, 2.45) is 10.7 Å². The maximum absolute atomic E-state index is 6.54. The second kappa shape index (κ2) is 5.95. The molecule has 0 radical (unpaired) electrons. The average molecular weight is 358 g/mol. The molecule has 27 heavy (non-hydrogen) atoms. The first-order valence-corrected chi connectivity index (χ1v) is 8.66. The minimum Gasteiger partial charge on any atom is -0.497 e. The van der Waals surface area contributed by atoms with Crippen LogP contribution in [0.4, 0.5) is 5.69 Å². The Balaban J connectivity index is 1.70. The second-order valence-corrected chi connectivity index (χ2v) is 6.42. The van der Waals surface area contributed by atoms with Crippen LogP contribution in [0.1, 0.15) is 11.7 Å². The third-order valence-electron chi connectivity index (χ3n) is 4.89. The van der Waals surface area contributed by atoms with Crippen LogP contribution < -0.4 is 26.1 Å². The lowest BCUT2D eigenvalue weighted by atomic mass is 10.1. The number of anilines is 1. The smallest absolute Gasteiger partial charge is 0.227 e. The van der Waals surface area contributed by atoms with E-state index in [1.807, 2.05) is 47.5 Å². The highest BCUT2D eigenvalue weighted by molar-refractivity contribution is 5.80. The van der Waals surface area contributed by atoms with E-state index in [1.165, 1.54) is 0 Å². The zero-order valence-electron chi connectivity index (χ0n) is 14.7. The molecule has 3 N–H and O–H groups in total. The van der Waals surface area contributed by atoms with E-state index in [-0.39, 0.29) is 6.17 Å². The van der Waals surface area contributed by atoms with Gasteiger partial charge in [0.1, 0.15) is 11.6 Å². The van der Waals surface area contributed by atoms with Crippen LogP contribution in [-0.2, 0) is 0 Å². The molecule has 0 bridgehead atoms. The molecule has 0 fully saturated rings. The molecule has 6 heteroatoms. The van der Waals surface area contributed by atoms with Gasteiger partial charge in [-0.05, 0) is 53.4 Å². The third kappa shape index (κ3) is 2.45. The molecule has 134 valence electrons. The monoisotopic (exact) mass is 358 g/mol. The summed E-state index contributed by atoms with van der Waals surface area (Å²) in [6.45, 7) is 0. The summed E-state index contributed by atoms with van der Waals surface area (Å²) in [6.07, 6.45) is 3.22. The van der Waals surface area contributed by atoms with Gasteiger partial charge in [0.25, 0.3) is 0 Å². The summed E-state index contributed by atoms with van der Waals surface area (Å²) in [5, 5.41) is 1.95. The van der Waals surface area contributed by atoms with Gasteiger partial charge in [0.15, 0.2) is 6.17 Å². The fourth-order valence-electron chi connectivity index (χ4n) is 3.50. The molecular weight excluding hydrogens is 340 g/mol. The molecule has 1 aliphatic heterocycles. The molecule has 0 spiro atoms. The SMILES string of the molecule is COc1ccc(N2C(N)=c3ccoc3=NC2c2ccc3cc[nH]c3c2)cc1. The maximum atomic E-state index is 6.54. The zero-order chi connectivity index (χ0) is 18.4. The van der Waals surface area contributed by atoms with Crippen LogP contribution in [0.3, 0.4) is 0 Å². The maximum Gasteiger partial charge on any atom is 0.227 e. The Morgan fingerprint density at radius 1 is 1.11 bits per heavy atom. The van der Waals surface area contributed by atoms with E-state index in [0.717, 1.165) is 33.1 Å². The number of aromatic nitrogens is 1. The number of aromatic amines is 1. The van der Waals surface area contributed by atoms with Crippen LogP contribution in [0.15, 0.2) is 76.5 Å². The zero-order valence-corrected chi connectivity index (χ0v) is 14.7. The summed E-state index contributed by atoms with van der Waals surface area (Å²) >= 11 is 0. The van der Waals surface area contributed by atoms with Gasteiger partial charge in [0, 0.05) is 17.4 Å². The second-order valence-electron chi connectivity index (χ2n) is 6.42. The van der Waals surface area contributed by atoms with Crippen molar-refractivity contribution < 1.29 is 9.15 Å². The number of furan rings is 1. The van der Waals surface area contributed by atoms with Crippen molar-refractivity contribution in [3.63, 3.8) is 0 Å². The molecule has 1 aliphatic rings. The summed E-state index contributed by atoms with van der Waals surface area (Å²) in [6, 6.07) is 17.9. The van der Waals surface area contributed by atoms with Crippen molar-refractivity contribution in [3.05, 3.63) is 83.4 Å². The highest BCUT2D eigenvalue weighted by atomic mass is 16.5. The highest BCUT2D eigenvalue weighted by Crippen LogP contribution is 2.33. The number of ether oxygens (including phenoxy) is 1. The van der Waals surface area contributed by atoms with E-state index in [1.54, 1.807) is 13.4 Å². The molecule has 6 nitrogen and oxygen atoms in total. The Kier molecular flexibility index (Phi) is 3.43. The average Bonchev–Trinajstić information content (AvgIpc) is 3.36. The number of fused-ring (bicyclic) bond motifs is 2. The molecule has 5 rings (SSSR count). The van der Waals surface area contributed by atoms with Crippen molar-refractivity contribution in [1.29, 1.82) is 0 Å². The minimum absolute atomic E-state index is 0.329. The Morgan fingerprint density at radius 3 is 2.78 bits per heavy atom. The van der Waals surface area contributed by atoms with Crippen molar-refractivity contribution in [1.82, 2.24) is 4.98 Å². The summed E-state index contributed by atoms with van der Waals surface area (Å²) < 4.78 is 10.8. The van der Waals surface area contributed by atoms with Gasteiger partial charge in [0.2, 0.25) is 5.55 Å². The first-order chi connectivity index (χ1) is 13.2. The normalized spacial score (nSPS) is 16.3. The molecule has 0 saturated heterocycles. The fraction of sp³-hybridized carbons (Fsp3) is 0.0952. The van der Waals surface area contributed by atoms with Crippen LogP contribution in [-0.4, -0.2) is 12.1 Å². The number of nitrogens with one attached hydrogen (secondary N) is 1. The molecule has 1 unspecified atom stereocenters. The molecule has 0 amide bonds. The summed E-state index contributed by atoms with van der Waals surface area (Å²) in [5.74, 6) is 1.40. The van der Waals surface area contributed by atoms with Gasteiger partial charge in [-0.15, -0.1) is 0 Å². The lowest BCUT2D eigenvalue weighted by Gasteiger charge is -2.32. The van der Waals surface area contributed by atoms with Gasteiger partial charge >= 0.3 is 0 Å². The minimum atomic E-state index is -0.329. The van der Waals surface area contributed by atoms with Crippen LogP contribution in [0.25, 0.3) is 16.7 Å². The number of benzene rings is 2. The lowest BCUT2D eigenvalue weighted by Crippen LogP contribution is -2.43. The van der Waals surface area contributed by atoms with Gasteiger partial charge < -0.3 is 24.8 Å². The largest absolute Gasteiger partial charge is 0.497 e. The number of H-pyrrole nitrogens is 1. The molecule has 2 aromatic carbocycles. The first-order valence-electron chi connectivity index (χ1n) is 8.66. The predicted molar refractivity (Wildman–Crippen MR) is 104 cm³/mol. The van der Waals surface area contributed by atoms with Crippen molar-refractivity contribution in [3.8, 4) is 5.75 Å². The van der Waals surface area contributed by atoms with Gasteiger partial charge in [-0.3, -0.25) is 0 Å². The number of hydrogen-bond donors (Lipinski definition) is 2. The molecular formula is C21H18N4O2. The molecule has 2 aromatic heterocycles. The van der Waals surface area contributed by atoms with Crippen molar-refractivity contribution in [2.45, 2.75) is 6.17 Å². The van der Waals surface area contributed by atoms with E-state index in [9.17, 15) is 0 Å². The van der Waals surface area contributed by atoms with Crippen LogP contribution in [0.5, 0.6) is 5.75 Å². The number of methoxy groups -OCH3 is 1. The molecule has 1 atom stereocenters. The van der Waals surface area contributed by atoms with E-state index in [0.29, 0.717) is 11.4 Å². The van der Waals surface area contributed by atoms with Gasteiger partial charge in [-0.25, -0.2) is 4.99 Å². The van der Waals surface area contributed by atoms with Crippen LogP contribution >= 0.6 is 0 Å². The predicted octanol–water partition coefficient (Wildman–Crippen LogP) is 2.63. The van der Waals surface area contributed by atoms with E-state index < -0.39 is 0 Å². The topological polar surface area (TPSA) is 79.8 Å². The Hall–Kier alpha value is -3.67. The standard InChI is InChI=1S/C21H18N4O2/c1-26-16-6-4-15(5-7-16)25-19(22)17-9-11-27-21(17)24-20(25)14-3-2-13-8-10-23-18(13)12-14/h2-12,20,23H,22H2,1H3. The van der Waals surface area contributed by atoms with Gasteiger partial charge in [-0.1, -0.05) is 12.1 Å². The molecule has 4 aromatic rings.